The van der Waals surface area contributed by atoms with E-state index in [0.29, 0.717) is 17.4 Å². The van der Waals surface area contributed by atoms with E-state index in [1.807, 2.05) is 20.8 Å². The van der Waals surface area contributed by atoms with E-state index in [9.17, 15) is 13.5 Å². The lowest BCUT2D eigenvalue weighted by atomic mass is 10.2. The molecular formula is C25H35N5O5S2. The van der Waals surface area contributed by atoms with E-state index in [-0.39, 0.29) is 28.5 Å². The van der Waals surface area contributed by atoms with E-state index >= 15 is 0 Å². The Labute approximate surface area is 222 Å². The number of aromatic nitrogens is 2. The molecule has 1 aromatic heterocycles. The molecule has 1 saturated heterocycles. The summed E-state index contributed by atoms with van der Waals surface area (Å²) < 4.78 is 41.0. The Kier molecular flexibility index (Phi) is 7.07. The number of hydrogen-bond donors (Lipinski definition) is 3. The molecule has 2 aromatic rings. The Balaban J connectivity index is 1.53. The zero-order valence-electron chi connectivity index (χ0n) is 21.5. The van der Waals surface area contributed by atoms with Crippen molar-refractivity contribution in [1.29, 1.82) is 0 Å². The van der Waals surface area contributed by atoms with Crippen molar-refractivity contribution in [2.45, 2.75) is 99.6 Å². The molecule has 2 saturated carbocycles. The number of thioether (sulfide) groups is 1. The lowest BCUT2D eigenvalue weighted by Crippen LogP contribution is -2.36. The minimum atomic E-state index is -3.91. The normalized spacial score (nSPS) is 26.7. The topological polar surface area (TPSA) is 140 Å². The zero-order valence-corrected chi connectivity index (χ0v) is 23.2. The molecule has 1 aliphatic heterocycles. The third-order valence-corrected chi connectivity index (χ3v) is 9.67. The fourth-order valence-electron chi connectivity index (χ4n) is 4.86. The summed E-state index contributed by atoms with van der Waals surface area (Å²) in [5, 5.41) is 14.4. The molecule has 2 heterocycles. The maximum Gasteiger partial charge on any atom is 0.265 e. The Hall–Kier alpha value is -2.12. The number of nitrogens with one attached hydrogen (secondary N) is 1. The highest BCUT2D eigenvalue weighted by Gasteiger charge is 2.54. The monoisotopic (exact) mass is 549 g/mol. The van der Waals surface area contributed by atoms with Crippen molar-refractivity contribution in [1.82, 2.24) is 9.97 Å². The van der Waals surface area contributed by atoms with Crippen LogP contribution in [0.3, 0.4) is 0 Å². The van der Waals surface area contributed by atoms with Crippen LogP contribution in [0.15, 0.2) is 34.3 Å². The molecule has 4 atom stereocenters. The predicted octanol–water partition coefficient (Wildman–Crippen LogP) is 3.29. The lowest BCUT2D eigenvalue weighted by molar-refractivity contribution is -0.162. The average molecular weight is 550 g/mol. The van der Waals surface area contributed by atoms with Gasteiger partial charge in [0.05, 0.1) is 17.0 Å². The highest BCUT2D eigenvalue weighted by molar-refractivity contribution is 7.99. The van der Waals surface area contributed by atoms with E-state index in [0.717, 1.165) is 30.6 Å². The Morgan fingerprint density at radius 2 is 1.86 bits per heavy atom. The minimum absolute atomic E-state index is 0.152. The number of aliphatic hydroxyl groups is 1. The Bertz CT molecular complexity index is 1250. The summed E-state index contributed by atoms with van der Waals surface area (Å²) in [7, 11) is -3.91. The van der Waals surface area contributed by atoms with E-state index in [4.69, 9.17) is 15.2 Å². The van der Waals surface area contributed by atoms with Crippen LogP contribution in [0.4, 0.5) is 17.3 Å². The van der Waals surface area contributed by atoms with Gasteiger partial charge in [-0.1, -0.05) is 36.4 Å². The molecule has 202 valence electrons. The molecule has 0 amide bonds. The SMILES string of the molecule is CCCSc1nc(N[C@@H]2C[C@H](O)[C@H]3OC(C)(C)O[C@H]32)c(N)c(N(C2CC2)S(=O)(=O)c2ccc(C)cc2)n1. The first kappa shape index (κ1) is 26.5. The number of fused-ring (bicyclic) bond motifs is 1. The predicted molar refractivity (Wildman–Crippen MR) is 143 cm³/mol. The van der Waals surface area contributed by atoms with Crippen LogP contribution in [-0.4, -0.2) is 65.4 Å². The van der Waals surface area contributed by atoms with Crippen LogP contribution >= 0.6 is 11.8 Å². The molecule has 2 aliphatic carbocycles. The van der Waals surface area contributed by atoms with E-state index in [1.165, 1.54) is 16.1 Å². The number of nitrogens with zero attached hydrogens (tertiary/aromatic N) is 3. The number of nitrogen functional groups attached to an aromatic ring is 1. The number of aliphatic hydroxyl groups excluding tert-OH is 1. The molecule has 5 rings (SSSR count). The van der Waals surface area contributed by atoms with Crippen LogP contribution in [0.1, 0.15) is 52.0 Å². The van der Waals surface area contributed by atoms with Gasteiger partial charge in [-0.15, -0.1) is 0 Å². The average Bonchev–Trinajstić information content (AvgIpc) is 3.55. The summed E-state index contributed by atoms with van der Waals surface area (Å²) in [6, 6.07) is 6.25. The van der Waals surface area contributed by atoms with E-state index in [2.05, 4.69) is 22.2 Å². The summed E-state index contributed by atoms with van der Waals surface area (Å²) in [6.45, 7) is 7.60. The van der Waals surface area contributed by atoms with Gasteiger partial charge in [0.25, 0.3) is 10.0 Å². The van der Waals surface area contributed by atoms with Gasteiger partial charge >= 0.3 is 0 Å². The van der Waals surface area contributed by atoms with Gasteiger partial charge in [-0.25, -0.2) is 22.7 Å². The van der Waals surface area contributed by atoms with Crippen LogP contribution in [-0.2, 0) is 19.5 Å². The largest absolute Gasteiger partial charge is 0.393 e. The summed E-state index contributed by atoms with van der Waals surface area (Å²) in [5.41, 5.74) is 7.74. The number of hydrogen-bond acceptors (Lipinski definition) is 10. The van der Waals surface area contributed by atoms with Crippen molar-refractivity contribution >= 4 is 39.1 Å². The number of rotatable bonds is 9. The Morgan fingerprint density at radius 1 is 1.19 bits per heavy atom. The Morgan fingerprint density at radius 3 is 2.51 bits per heavy atom. The first-order chi connectivity index (χ1) is 17.5. The van der Waals surface area contributed by atoms with Gasteiger partial charge in [-0.05, 0) is 58.6 Å². The van der Waals surface area contributed by atoms with Gasteiger partial charge in [0.2, 0.25) is 0 Å². The number of anilines is 3. The summed E-state index contributed by atoms with van der Waals surface area (Å²) in [6.07, 6.45) is 1.19. The summed E-state index contributed by atoms with van der Waals surface area (Å²) >= 11 is 1.45. The van der Waals surface area contributed by atoms with E-state index < -0.39 is 34.1 Å². The van der Waals surface area contributed by atoms with Crippen molar-refractivity contribution in [3.8, 4) is 0 Å². The molecule has 12 heteroatoms. The molecule has 3 fully saturated rings. The molecule has 4 N–H and O–H groups in total. The molecule has 0 radical (unpaired) electrons. The van der Waals surface area contributed by atoms with Gasteiger partial charge < -0.3 is 25.6 Å². The lowest BCUT2D eigenvalue weighted by Gasteiger charge is -2.27. The second-order valence-electron chi connectivity index (χ2n) is 10.4. The number of ether oxygens (including phenoxy) is 2. The highest BCUT2D eigenvalue weighted by atomic mass is 32.2. The van der Waals surface area contributed by atoms with Crippen LogP contribution < -0.4 is 15.4 Å². The number of aryl methyl sites for hydroxylation is 1. The van der Waals surface area contributed by atoms with Crippen LogP contribution in [0.5, 0.6) is 0 Å². The van der Waals surface area contributed by atoms with Crippen molar-refractivity contribution in [3.05, 3.63) is 29.8 Å². The molecule has 0 unspecified atom stereocenters. The fraction of sp³-hybridized carbons (Fsp3) is 0.600. The van der Waals surface area contributed by atoms with Gasteiger partial charge in [-0.2, -0.15) is 0 Å². The summed E-state index contributed by atoms with van der Waals surface area (Å²) in [5.74, 6) is 0.471. The van der Waals surface area contributed by atoms with Gasteiger partial charge in [0.15, 0.2) is 22.6 Å². The molecule has 1 aromatic carbocycles. The first-order valence-electron chi connectivity index (χ1n) is 12.7. The third kappa shape index (κ3) is 5.26. The standard InChI is InChI=1S/C25H35N5O5S2/c1-5-12-36-24-28-22(27-17-13-18(31)21-20(17)34-25(3,4)35-21)19(26)23(29-24)30(15-8-9-15)37(32,33)16-10-6-14(2)7-11-16/h6-7,10-11,15,17-18,20-21,31H,5,8-9,12-13,26H2,1-4H3,(H,27,28,29)/t17-,18+,20+,21-/m1/s1. The maximum absolute atomic E-state index is 13.8. The molecule has 10 nitrogen and oxygen atoms in total. The number of nitrogens with two attached hydrogens (primary N) is 1. The maximum atomic E-state index is 13.8. The van der Waals surface area contributed by atoms with E-state index in [1.54, 1.807) is 24.3 Å². The van der Waals surface area contributed by atoms with Gasteiger partial charge in [-0.3, -0.25) is 0 Å². The van der Waals surface area contributed by atoms with Crippen molar-refractivity contribution in [3.63, 3.8) is 0 Å². The van der Waals surface area contributed by atoms with Crippen LogP contribution in [0.2, 0.25) is 0 Å². The molecular weight excluding hydrogens is 514 g/mol. The second-order valence-corrected chi connectivity index (χ2v) is 13.3. The molecule has 37 heavy (non-hydrogen) atoms. The first-order valence-corrected chi connectivity index (χ1v) is 15.1. The van der Waals surface area contributed by atoms with Crippen LogP contribution in [0, 0.1) is 6.92 Å². The van der Waals surface area contributed by atoms with Crippen molar-refractivity contribution in [2.75, 3.05) is 21.1 Å². The zero-order chi connectivity index (χ0) is 26.5. The van der Waals surface area contributed by atoms with Crippen molar-refractivity contribution < 1.29 is 23.0 Å². The highest BCUT2D eigenvalue weighted by Crippen LogP contribution is 2.43. The fourth-order valence-corrected chi connectivity index (χ4v) is 7.23. The smallest absolute Gasteiger partial charge is 0.265 e. The summed E-state index contributed by atoms with van der Waals surface area (Å²) in [4.78, 5) is 9.50. The third-order valence-electron chi connectivity index (χ3n) is 6.76. The second kappa shape index (κ2) is 9.88. The molecule has 3 aliphatic rings. The molecule has 0 spiro atoms. The van der Waals surface area contributed by atoms with Crippen molar-refractivity contribution in [2.24, 2.45) is 0 Å². The van der Waals surface area contributed by atoms with Gasteiger partial charge in [0.1, 0.15) is 17.9 Å². The minimum Gasteiger partial charge on any atom is -0.393 e. The van der Waals surface area contributed by atoms with Crippen LogP contribution in [0.25, 0.3) is 0 Å². The quantitative estimate of drug-likeness (QED) is 0.315. The molecule has 0 bridgehead atoms. The number of benzene rings is 1. The number of sulfonamides is 1. The van der Waals surface area contributed by atoms with Gasteiger partial charge in [0, 0.05) is 11.8 Å².